The van der Waals surface area contributed by atoms with Gasteiger partial charge in [0.25, 0.3) is 5.91 Å². The van der Waals surface area contributed by atoms with Crippen LogP contribution in [0.25, 0.3) is 0 Å². The minimum atomic E-state index is -0.476. The van der Waals surface area contributed by atoms with E-state index >= 15 is 0 Å². The molecule has 24 heavy (non-hydrogen) atoms. The highest BCUT2D eigenvalue weighted by atomic mass is 32.1. The van der Waals surface area contributed by atoms with Gasteiger partial charge in [0.1, 0.15) is 10.6 Å². The summed E-state index contributed by atoms with van der Waals surface area (Å²) in [4.78, 5) is 43.4. The van der Waals surface area contributed by atoms with Gasteiger partial charge in [0.2, 0.25) is 0 Å². The molecule has 0 fully saturated rings. The Morgan fingerprint density at radius 1 is 1.29 bits per heavy atom. The highest BCUT2D eigenvalue weighted by Gasteiger charge is 2.22. The van der Waals surface area contributed by atoms with Crippen molar-refractivity contribution in [3.63, 3.8) is 0 Å². The second kappa shape index (κ2) is 6.96. The molecule has 2 aromatic heterocycles. The Kier molecular flexibility index (Phi) is 5.18. The number of nitrogens with one attached hydrogen (secondary N) is 2. The number of ketones is 1. The van der Waals surface area contributed by atoms with Crippen molar-refractivity contribution in [2.75, 3.05) is 12.4 Å². The van der Waals surface area contributed by atoms with E-state index in [-0.39, 0.29) is 5.78 Å². The number of H-pyrrole nitrogens is 1. The van der Waals surface area contributed by atoms with E-state index in [9.17, 15) is 14.4 Å². The van der Waals surface area contributed by atoms with Crippen LogP contribution in [-0.4, -0.2) is 34.7 Å². The molecule has 1 amide bonds. The number of anilines is 1. The maximum Gasteiger partial charge on any atom is 0.350 e. The molecule has 0 aliphatic heterocycles. The van der Waals surface area contributed by atoms with E-state index in [4.69, 9.17) is 4.74 Å². The molecule has 8 heteroatoms. The highest BCUT2D eigenvalue weighted by Crippen LogP contribution is 2.26. The summed E-state index contributed by atoms with van der Waals surface area (Å²) < 4.78 is 4.72. The normalized spacial score (nSPS) is 10.5. The number of carbonyl (C=O) groups excluding carboxylic acids is 3. The van der Waals surface area contributed by atoms with E-state index < -0.39 is 11.9 Å². The standard InChI is InChI=1S/C16H19N3O4S/c1-6-10-13(15(22)23-5)24-16(18-10)19-14(21)12-7(2)11(9(4)20)8(3)17-12/h17H,6H2,1-5H3,(H,18,19,21). The molecule has 0 unspecified atom stereocenters. The van der Waals surface area contributed by atoms with E-state index in [1.54, 1.807) is 13.8 Å². The van der Waals surface area contributed by atoms with Gasteiger partial charge >= 0.3 is 5.97 Å². The van der Waals surface area contributed by atoms with Crippen LogP contribution in [0.4, 0.5) is 5.13 Å². The smallest absolute Gasteiger partial charge is 0.350 e. The molecule has 0 atom stereocenters. The van der Waals surface area contributed by atoms with Gasteiger partial charge in [-0.25, -0.2) is 9.78 Å². The van der Waals surface area contributed by atoms with Crippen molar-refractivity contribution in [2.24, 2.45) is 0 Å². The summed E-state index contributed by atoms with van der Waals surface area (Å²) in [6.07, 6.45) is 0.548. The molecular formula is C16H19N3O4S. The number of aromatic nitrogens is 2. The van der Waals surface area contributed by atoms with E-state index in [0.29, 0.717) is 44.6 Å². The Bertz CT molecular complexity index is 820. The molecule has 0 radical (unpaired) electrons. The third kappa shape index (κ3) is 3.23. The summed E-state index contributed by atoms with van der Waals surface area (Å²) in [6, 6.07) is 0. The van der Waals surface area contributed by atoms with Gasteiger partial charge in [0.05, 0.1) is 12.8 Å². The summed E-state index contributed by atoms with van der Waals surface area (Å²) in [6.45, 7) is 6.79. The van der Waals surface area contributed by atoms with Gasteiger partial charge < -0.3 is 9.72 Å². The monoisotopic (exact) mass is 349 g/mol. The van der Waals surface area contributed by atoms with Crippen molar-refractivity contribution in [1.82, 2.24) is 9.97 Å². The first-order valence-corrected chi connectivity index (χ1v) is 8.21. The lowest BCUT2D eigenvalue weighted by molar-refractivity contribution is 0.0604. The average molecular weight is 349 g/mol. The quantitative estimate of drug-likeness (QED) is 0.638. The Hall–Kier alpha value is -2.48. The van der Waals surface area contributed by atoms with Crippen LogP contribution < -0.4 is 5.32 Å². The van der Waals surface area contributed by atoms with Crippen LogP contribution in [0.1, 0.15) is 61.3 Å². The molecule has 7 nitrogen and oxygen atoms in total. The third-order valence-electron chi connectivity index (χ3n) is 3.64. The molecule has 2 heterocycles. The topological polar surface area (TPSA) is 101 Å². The van der Waals surface area contributed by atoms with Gasteiger partial charge in [-0.1, -0.05) is 18.3 Å². The number of Topliss-reactive ketones (excluding diaryl/α,β-unsaturated/α-hetero) is 1. The van der Waals surface area contributed by atoms with Gasteiger partial charge in [-0.15, -0.1) is 0 Å². The number of hydrogen-bond donors (Lipinski definition) is 2. The number of carbonyl (C=O) groups is 3. The molecule has 0 saturated heterocycles. The maximum atomic E-state index is 12.5. The fourth-order valence-electron chi connectivity index (χ4n) is 2.56. The Labute approximate surface area is 143 Å². The lowest BCUT2D eigenvalue weighted by Crippen LogP contribution is -2.13. The molecule has 2 rings (SSSR count). The van der Waals surface area contributed by atoms with Crippen molar-refractivity contribution < 1.29 is 19.1 Å². The fourth-order valence-corrected chi connectivity index (χ4v) is 3.53. The third-order valence-corrected chi connectivity index (χ3v) is 4.63. The summed E-state index contributed by atoms with van der Waals surface area (Å²) in [5.74, 6) is -0.984. The Balaban J connectivity index is 2.31. The number of nitrogens with zero attached hydrogens (tertiary/aromatic N) is 1. The van der Waals surface area contributed by atoms with Gasteiger partial charge in [-0.05, 0) is 32.8 Å². The van der Waals surface area contributed by atoms with Crippen LogP contribution in [0.2, 0.25) is 0 Å². The molecule has 0 saturated carbocycles. The number of hydrogen-bond acceptors (Lipinski definition) is 6. The van der Waals surface area contributed by atoms with E-state index in [1.165, 1.54) is 14.0 Å². The van der Waals surface area contributed by atoms with Crippen molar-refractivity contribution in [3.05, 3.63) is 33.1 Å². The highest BCUT2D eigenvalue weighted by molar-refractivity contribution is 7.17. The first-order valence-electron chi connectivity index (χ1n) is 7.39. The zero-order valence-electron chi connectivity index (χ0n) is 14.2. The molecule has 0 aliphatic rings. The predicted molar refractivity (Wildman–Crippen MR) is 91.1 cm³/mol. The van der Waals surface area contributed by atoms with Gasteiger partial charge in [-0.2, -0.15) is 0 Å². The molecule has 128 valence electrons. The van der Waals surface area contributed by atoms with E-state index in [0.717, 1.165) is 11.3 Å². The van der Waals surface area contributed by atoms with Gasteiger partial charge in [-0.3, -0.25) is 14.9 Å². The Morgan fingerprint density at radius 3 is 2.46 bits per heavy atom. The van der Waals surface area contributed by atoms with Crippen LogP contribution in [0.3, 0.4) is 0 Å². The minimum Gasteiger partial charge on any atom is -0.465 e. The summed E-state index contributed by atoms with van der Waals surface area (Å²) in [7, 11) is 1.30. The molecule has 0 spiro atoms. The van der Waals surface area contributed by atoms with Gasteiger partial charge in [0.15, 0.2) is 10.9 Å². The molecular weight excluding hydrogens is 330 g/mol. The zero-order chi connectivity index (χ0) is 18.0. The largest absolute Gasteiger partial charge is 0.465 e. The number of aryl methyl sites for hydroxylation is 2. The van der Waals surface area contributed by atoms with Crippen molar-refractivity contribution in [3.8, 4) is 0 Å². The SMILES string of the molecule is CCc1nc(NC(=O)c2[nH]c(C)c(C(C)=O)c2C)sc1C(=O)OC. The number of ether oxygens (including phenoxy) is 1. The second-order valence-electron chi connectivity index (χ2n) is 5.28. The predicted octanol–water partition coefficient (Wildman–Crippen LogP) is 2.89. The average Bonchev–Trinajstić information content (AvgIpc) is 3.06. The lowest BCUT2D eigenvalue weighted by Gasteiger charge is -2.01. The number of methoxy groups -OCH3 is 1. The summed E-state index contributed by atoms with van der Waals surface area (Å²) in [5, 5.41) is 2.98. The lowest BCUT2D eigenvalue weighted by atomic mass is 10.1. The molecule has 0 aromatic carbocycles. The zero-order valence-corrected chi connectivity index (χ0v) is 15.0. The fraction of sp³-hybridized carbons (Fsp3) is 0.375. The Morgan fingerprint density at radius 2 is 1.96 bits per heavy atom. The van der Waals surface area contributed by atoms with E-state index in [1.807, 2.05) is 6.92 Å². The van der Waals surface area contributed by atoms with Crippen LogP contribution in [0, 0.1) is 13.8 Å². The molecule has 0 bridgehead atoms. The number of esters is 1. The second-order valence-corrected chi connectivity index (χ2v) is 6.27. The van der Waals surface area contributed by atoms with Crippen LogP contribution >= 0.6 is 11.3 Å². The number of aromatic amines is 1. The number of thiazole rings is 1. The molecule has 0 aliphatic carbocycles. The van der Waals surface area contributed by atoms with Gasteiger partial charge in [0, 0.05) is 11.3 Å². The van der Waals surface area contributed by atoms with Crippen molar-refractivity contribution in [1.29, 1.82) is 0 Å². The number of amides is 1. The van der Waals surface area contributed by atoms with Crippen LogP contribution in [0.5, 0.6) is 0 Å². The number of rotatable bonds is 5. The van der Waals surface area contributed by atoms with Crippen molar-refractivity contribution in [2.45, 2.75) is 34.1 Å². The summed E-state index contributed by atoms with van der Waals surface area (Å²) >= 11 is 1.06. The van der Waals surface area contributed by atoms with Crippen LogP contribution in [0.15, 0.2) is 0 Å². The summed E-state index contributed by atoms with van der Waals surface area (Å²) in [5.41, 5.74) is 2.65. The molecule has 2 aromatic rings. The first kappa shape index (κ1) is 17.9. The minimum absolute atomic E-state index is 0.101. The first-order chi connectivity index (χ1) is 11.3. The maximum absolute atomic E-state index is 12.5. The van der Waals surface area contributed by atoms with Crippen molar-refractivity contribution >= 4 is 34.1 Å². The van der Waals surface area contributed by atoms with Crippen LogP contribution in [-0.2, 0) is 11.2 Å². The van der Waals surface area contributed by atoms with E-state index in [2.05, 4.69) is 15.3 Å². The molecule has 2 N–H and O–H groups in total.